The van der Waals surface area contributed by atoms with Crippen LogP contribution in [-0.2, 0) is 11.2 Å². The molecule has 2 aliphatic rings. The van der Waals surface area contributed by atoms with Gasteiger partial charge in [-0.3, -0.25) is 0 Å². The van der Waals surface area contributed by atoms with E-state index in [1.807, 2.05) is 6.07 Å². The molecular weight excluding hydrogens is 286 g/mol. The third-order valence-corrected chi connectivity index (χ3v) is 4.63. The van der Waals surface area contributed by atoms with Crippen molar-refractivity contribution in [3.8, 4) is 5.75 Å². The van der Waals surface area contributed by atoms with Crippen LogP contribution >= 0.6 is 11.6 Å². The average molecular weight is 310 g/mol. The second-order valence-electron chi connectivity index (χ2n) is 6.14. The molecule has 2 aliphatic heterocycles. The first kappa shape index (κ1) is 15.1. The van der Waals surface area contributed by atoms with Gasteiger partial charge in [0.05, 0.1) is 11.6 Å². The Hall–Kier alpha value is -0.770. The fourth-order valence-corrected chi connectivity index (χ4v) is 3.43. The molecule has 0 saturated carbocycles. The molecule has 0 spiro atoms. The van der Waals surface area contributed by atoms with Gasteiger partial charge >= 0.3 is 0 Å². The molecule has 0 bridgehead atoms. The van der Waals surface area contributed by atoms with Gasteiger partial charge in [-0.1, -0.05) is 17.7 Å². The van der Waals surface area contributed by atoms with Gasteiger partial charge in [-0.05, 0) is 68.8 Å². The molecule has 1 aromatic rings. The molecular formula is C17H24ClNO2. The van der Waals surface area contributed by atoms with Gasteiger partial charge in [0.25, 0.3) is 0 Å². The Bertz CT molecular complexity index is 454. The highest BCUT2D eigenvalue weighted by atomic mass is 35.5. The molecule has 0 radical (unpaired) electrons. The summed E-state index contributed by atoms with van der Waals surface area (Å²) >= 11 is 6.38. The van der Waals surface area contributed by atoms with Crippen LogP contribution in [0.5, 0.6) is 5.75 Å². The van der Waals surface area contributed by atoms with Crippen molar-refractivity contribution in [2.24, 2.45) is 5.92 Å². The monoisotopic (exact) mass is 309 g/mol. The topological polar surface area (TPSA) is 30.5 Å². The zero-order valence-corrected chi connectivity index (χ0v) is 13.2. The van der Waals surface area contributed by atoms with E-state index in [-0.39, 0.29) is 6.10 Å². The summed E-state index contributed by atoms with van der Waals surface area (Å²) in [6.45, 7) is 3.80. The summed E-state index contributed by atoms with van der Waals surface area (Å²) < 4.78 is 11.4. The normalized spacial score (nSPS) is 26.5. The predicted molar refractivity (Wildman–Crippen MR) is 85.2 cm³/mol. The van der Waals surface area contributed by atoms with E-state index in [1.54, 1.807) is 0 Å². The van der Waals surface area contributed by atoms with Crippen molar-refractivity contribution in [2.45, 2.75) is 38.2 Å². The fraction of sp³-hybridized carbons (Fsp3) is 0.647. The first-order chi connectivity index (χ1) is 10.3. The lowest BCUT2D eigenvalue weighted by Gasteiger charge is -2.25. The van der Waals surface area contributed by atoms with Crippen LogP contribution in [0, 0.1) is 5.92 Å². The number of hydrogen-bond acceptors (Lipinski definition) is 3. The maximum absolute atomic E-state index is 6.38. The van der Waals surface area contributed by atoms with Crippen LogP contribution in [0.15, 0.2) is 18.2 Å². The zero-order valence-electron chi connectivity index (χ0n) is 12.4. The van der Waals surface area contributed by atoms with Gasteiger partial charge in [-0.2, -0.15) is 0 Å². The number of hydrogen-bond donors (Lipinski definition) is 1. The Morgan fingerprint density at radius 2 is 2.24 bits per heavy atom. The van der Waals surface area contributed by atoms with Gasteiger partial charge in [-0.25, -0.2) is 0 Å². The van der Waals surface area contributed by atoms with Gasteiger partial charge in [0.2, 0.25) is 0 Å². The van der Waals surface area contributed by atoms with Crippen molar-refractivity contribution in [2.75, 3.05) is 26.3 Å². The minimum atomic E-state index is 0.143. The highest BCUT2D eigenvalue weighted by Crippen LogP contribution is 2.29. The van der Waals surface area contributed by atoms with E-state index in [0.29, 0.717) is 6.61 Å². The number of halogens is 1. The molecule has 116 valence electrons. The van der Waals surface area contributed by atoms with Crippen molar-refractivity contribution in [1.29, 1.82) is 0 Å². The number of nitrogens with one attached hydrogen (secondary N) is 1. The molecule has 4 heteroatoms. The van der Waals surface area contributed by atoms with Crippen LogP contribution in [0.1, 0.15) is 31.2 Å². The summed E-state index contributed by atoms with van der Waals surface area (Å²) in [4.78, 5) is 0. The minimum absolute atomic E-state index is 0.143. The van der Waals surface area contributed by atoms with E-state index in [2.05, 4.69) is 17.4 Å². The van der Waals surface area contributed by atoms with Crippen LogP contribution in [0.25, 0.3) is 0 Å². The number of piperidine rings is 1. The van der Waals surface area contributed by atoms with Crippen LogP contribution in [-0.4, -0.2) is 32.4 Å². The highest BCUT2D eigenvalue weighted by molar-refractivity contribution is 6.32. The van der Waals surface area contributed by atoms with Crippen molar-refractivity contribution in [3.63, 3.8) is 0 Å². The molecule has 1 aromatic carbocycles. The molecule has 21 heavy (non-hydrogen) atoms. The van der Waals surface area contributed by atoms with Crippen molar-refractivity contribution in [3.05, 3.63) is 28.8 Å². The SMILES string of the molecule is Clc1cc(CC2CCCNC2)ccc1OC1CCCOC1. The van der Waals surface area contributed by atoms with Gasteiger partial charge in [0.1, 0.15) is 11.9 Å². The van der Waals surface area contributed by atoms with Gasteiger partial charge in [-0.15, -0.1) is 0 Å². The van der Waals surface area contributed by atoms with E-state index in [1.165, 1.54) is 18.4 Å². The quantitative estimate of drug-likeness (QED) is 0.924. The molecule has 2 atom stereocenters. The smallest absolute Gasteiger partial charge is 0.138 e. The third-order valence-electron chi connectivity index (χ3n) is 4.33. The first-order valence-corrected chi connectivity index (χ1v) is 8.42. The van der Waals surface area contributed by atoms with Crippen LogP contribution in [0.3, 0.4) is 0 Å². The lowest BCUT2D eigenvalue weighted by Crippen LogP contribution is -2.30. The standard InChI is InChI=1S/C17H24ClNO2/c18-16-10-13(9-14-3-1-7-19-11-14)5-6-17(16)21-15-4-2-8-20-12-15/h5-6,10,14-15,19H,1-4,7-9,11-12H2. The Labute approximate surface area is 132 Å². The third kappa shape index (κ3) is 4.35. The predicted octanol–water partition coefficient (Wildman–Crippen LogP) is 3.44. The molecule has 2 unspecified atom stereocenters. The molecule has 3 rings (SSSR count). The summed E-state index contributed by atoms with van der Waals surface area (Å²) in [6, 6.07) is 6.23. The Morgan fingerprint density at radius 3 is 2.95 bits per heavy atom. The van der Waals surface area contributed by atoms with Crippen molar-refractivity contribution in [1.82, 2.24) is 5.32 Å². The number of ether oxygens (including phenoxy) is 2. The molecule has 2 saturated heterocycles. The summed E-state index contributed by atoms with van der Waals surface area (Å²) in [7, 11) is 0. The van der Waals surface area contributed by atoms with Crippen molar-refractivity contribution >= 4 is 11.6 Å². The molecule has 0 aromatic heterocycles. The minimum Gasteiger partial charge on any atom is -0.486 e. The van der Waals surface area contributed by atoms with E-state index >= 15 is 0 Å². The Balaban J connectivity index is 1.59. The lowest BCUT2D eigenvalue weighted by atomic mass is 9.92. The second-order valence-corrected chi connectivity index (χ2v) is 6.55. The van der Waals surface area contributed by atoms with Crippen LogP contribution < -0.4 is 10.1 Å². The largest absolute Gasteiger partial charge is 0.486 e. The van der Waals surface area contributed by atoms with Crippen LogP contribution in [0.2, 0.25) is 5.02 Å². The molecule has 3 nitrogen and oxygen atoms in total. The lowest BCUT2D eigenvalue weighted by molar-refractivity contribution is 0.00747. The van der Waals surface area contributed by atoms with Crippen LogP contribution in [0.4, 0.5) is 0 Å². The number of rotatable bonds is 4. The maximum Gasteiger partial charge on any atom is 0.138 e. The molecule has 2 heterocycles. The fourth-order valence-electron chi connectivity index (χ4n) is 3.18. The van der Waals surface area contributed by atoms with E-state index in [9.17, 15) is 0 Å². The first-order valence-electron chi connectivity index (χ1n) is 8.05. The second kappa shape index (κ2) is 7.48. The van der Waals surface area contributed by atoms with E-state index in [4.69, 9.17) is 21.1 Å². The van der Waals surface area contributed by atoms with Gasteiger partial charge in [0, 0.05) is 6.61 Å². The maximum atomic E-state index is 6.38. The average Bonchev–Trinajstić information content (AvgIpc) is 2.52. The van der Waals surface area contributed by atoms with Gasteiger partial charge in [0.15, 0.2) is 0 Å². The Kier molecular flexibility index (Phi) is 5.39. The van der Waals surface area contributed by atoms with Crippen molar-refractivity contribution < 1.29 is 9.47 Å². The van der Waals surface area contributed by atoms with E-state index in [0.717, 1.165) is 55.6 Å². The Morgan fingerprint density at radius 1 is 1.29 bits per heavy atom. The summed E-state index contributed by atoms with van der Waals surface area (Å²) in [6.07, 6.45) is 5.94. The summed E-state index contributed by atoms with van der Waals surface area (Å²) in [5.41, 5.74) is 1.31. The molecule has 2 fully saturated rings. The molecule has 0 amide bonds. The zero-order chi connectivity index (χ0) is 14.5. The molecule has 0 aliphatic carbocycles. The van der Waals surface area contributed by atoms with Gasteiger partial charge < -0.3 is 14.8 Å². The summed E-state index contributed by atoms with van der Waals surface area (Å²) in [5, 5.41) is 4.19. The van der Waals surface area contributed by atoms with E-state index < -0.39 is 0 Å². The summed E-state index contributed by atoms with van der Waals surface area (Å²) in [5.74, 6) is 1.52. The molecule has 1 N–H and O–H groups in total. The highest BCUT2D eigenvalue weighted by Gasteiger charge is 2.18. The number of benzene rings is 1.